The van der Waals surface area contributed by atoms with E-state index in [0.29, 0.717) is 11.0 Å². The third-order valence-electron chi connectivity index (χ3n) is 6.47. The van der Waals surface area contributed by atoms with Gasteiger partial charge in [0.1, 0.15) is 6.61 Å². The fourth-order valence-corrected chi connectivity index (χ4v) is 4.57. The molecule has 4 nitrogen and oxygen atoms in total. The van der Waals surface area contributed by atoms with E-state index in [4.69, 9.17) is 17.0 Å². The normalized spacial score (nSPS) is 12.6. The molecule has 0 aromatic carbocycles. The van der Waals surface area contributed by atoms with Crippen LogP contribution in [0.15, 0.2) is 0 Å². The van der Waals surface area contributed by atoms with Crippen molar-refractivity contribution in [1.29, 1.82) is 0 Å². The van der Waals surface area contributed by atoms with Gasteiger partial charge in [0, 0.05) is 5.41 Å². The van der Waals surface area contributed by atoms with Gasteiger partial charge in [-0.05, 0) is 43.8 Å². The summed E-state index contributed by atoms with van der Waals surface area (Å²) in [4.78, 5) is 0. The van der Waals surface area contributed by atoms with Crippen LogP contribution in [-0.4, -0.2) is 46.8 Å². The van der Waals surface area contributed by atoms with Gasteiger partial charge in [0.2, 0.25) is 0 Å². The van der Waals surface area contributed by atoms with Crippen molar-refractivity contribution in [3.05, 3.63) is 0 Å². The van der Waals surface area contributed by atoms with Gasteiger partial charge in [0.05, 0.1) is 25.2 Å². The van der Waals surface area contributed by atoms with Crippen molar-refractivity contribution in [3.63, 3.8) is 0 Å². The highest BCUT2D eigenvalue weighted by atomic mass is 32.1. The molecule has 0 aliphatic heterocycles. The Morgan fingerprint density at radius 3 is 1.52 bits per heavy atom. The Kier molecular flexibility index (Phi) is 16.3. The van der Waals surface area contributed by atoms with Crippen LogP contribution in [0.25, 0.3) is 0 Å². The van der Waals surface area contributed by atoms with Gasteiger partial charge in [-0.15, -0.1) is 0 Å². The number of ether oxygens (including phenoxy) is 1. The first-order chi connectivity index (χ1) is 14.0. The lowest BCUT2D eigenvalue weighted by atomic mass is 9.65. The standard InChI is InChI=1S/C24H48O4S/c1-5-9-13-21(14-10-6-2)24(15-11-7-3,16-12-8-4)22(29)28-20-23(17-25,18-26)19-27/h21,25-27H,5-20H2,1-4H3. The van der Waals surface area contributed by atoms with E-state index in [2.05, 4.69) is 27.7 Å². The van der Waals surface area contributed by atoms with Crippen LogP contribution in [0, 0.1) is 16.7 Å². The van der Waals surface area contributed by atoms with Crippen LogP contribution in [-0.2, 0) is 4.74 Å². The van der Waals surface area contributed by atoms with Crippen molar-refractivity contribution in [3.8, 4) is 0 Å². The summed E-state index contributed by atoms with van der Waals surface area (Å²) in [5, 5.41) is 29.7. The zero-order valence-electron chi connectivity index (χ0n) is 19.5. The molecule has 0 aromatic rings. The minimum absolute atomic E-state index is 0.0591. The van der Waals surface area contributed by atoms with E-state index in [1.807, 2.05) is 0 Å². The Labute approximate surface area is 185 Å². The zero-order valence-corrected chi connectivity index (χ0v) is 20.4. The van der Waals surface area contributed by atoms with Crippen molar-refractivity contribution in [2.45, 2.75) is 105 Å². The average molecular weight is 433 g/mol. The van der Waals surface area contributed by atoms with E-state index >= 15 is 0 Å². The van der Waals surface area contributed by atoms with Gasteiger partial charge in [0.15, 0.2) is 5.05 Å². The molecular weight excluding hydrogens is 384 g/mol. The number of aliphatic hydroxyl groups excluding tert-OH is 3. The maximum atomic E-state index is 9.67. The molecule has 0 bridgehead atoms. The number of aliphatic hydroxyl groups is 3. The fourth-order valence-electron chi connectivity index (χ4n) is 4.14. The van der Waals surface area contributed by atoms with E-state index in [1.54, 1.807) is 0 Å². The minimum atomic E-state index is -1.05. The molecule has 174 valence electrons. The maximum Gasteiger partial charge on any atom is 0.166 e. The number of rotatable bonds is 19. The molecule has 0 fully saturated rings. The second-order valence-corrected chi connectivity index (χ2v) is 9.27. The van der Waals surface area contributed by atoms with Crippen molar-refractivity contribution in [1.82, 2.24) is 0 Å². The van der Waals surface area contributed by atoms with Crippen LogP contribution in [0.1, 0.15) is 105 Å². The third-order valence-corrected chi connectivity index (χ3v) is 6.99. The van der Waals surface area contributed by atoms with E-state index < -0.39 is 5.41 Å². The lowest BCUT2D eigenvalue weighted by molar-refractivity contribution is -0.0333. The summed E-state index contributed by atoms with van der Waals surface area (Å²) in [5.41, 5.74) is -1.19. The molecule has 0 amide bonds. The summed E-state index contributed by atoms with van der Waals surface area (Å²) in [7, 11) is 0. The number of hydrogen-bond acceptors (Lipinski definition) is 5. The topological polar surface area (TPSA) is 69.9 Å². The molecular formula is C24H48O4S. The molecule has 0 spiro atoms. The SMILES string of the molecule is CCCCC(CCCC)C(CCCC)(CCCC)C(=S)OCC(CO)(CO)CO. The molecule has 0 unspecified atom stereocenters. The molecule has 0 rings (SSSR count). The van der Waals surface area contributed by atoms with Crippen molar-refractivity contribution < 1.29 is 20.1 Å². The molecule has 0 aliphatic rings. The number of unbranched alkanes of at least 4 members (excludes halogenated alkanes) is 4. The summed E-state index contributed by atoms with van der Waals surface area (Å²) in [6.07, 6.45) is 13.6. The van der Waals surface area contributed by atoms with E-state index in [0.717, 1.165) is 38.5 Å². The Hall–Kier alpha value is -0.230. The molecule has 0 aliphatic carbocycles. The average Bonchev–Trinajstić information content (AvgIpc) is 2.76. The van der Waals surface area contributed by atoms with Gasteiger partial charge in [-0.25, -0.2) is 0 Å². The first kappa shape index (κ1) is 28.8. The molecule has 0 aromatic heterocycles. The van der Waals surface area contributed by atoms with Gasteiger partial charge in [0.25, 0.3) is 0 Å². The predicted octanol–water partition coefficient (Wildman–Crippen LogP) is 5.66. The largest absolute Gasteiger partial charge is 0.486 e. The molecule has 0 atom stereocenters. The van der Waals surface area contributed by atoms with Crippen LogP contribution in [0.3, 0.4) is 0 Å². The molecule has 5 heteroatoms. The summed E-state index contributed by atoms with van der Waals surface area (Å²) >= 11 is 5.94. The molecule has 29 heavy (non-hydrogen) atoms. The van der Waals surface area contributed by atoms with Gasteiger partial charge in [-0.2, -0.15) is 0 Å². The summed E-state index contributed by atoms with van der Waals surface area (Å²) in [6.45, 7) is 8.00. The zero-order chi connectivity index (χ0) is 22.2. The van der Waals surface area contributed by atoms with Crippen LogP contribution in [0.5, 0.6) is 0 Å². The van der Waals surface area contributed by atoms with Gasteiger partial charge < -0.3 is 20.1 Å². The lowest BCUT2D eigenvalue weighted by Gasteiger charge is -2.43. The van der Waals surface area contributed by atoms with E-state index in [1.165, 1.54) is 38.5 Å². The first-order valence-electron chi connectivity index (χ1n) is 12.0. The highest BCUT2D eigenvalue weighted by Crippen LogP contribution is 2.46. The number of thiocarbonyl (C=S) groups is 1. The lowest BCUT2D eigenvalue weighted by Crippen LogP contribution is -2.44. The second-order valence-electron chi connectivity index (χ2n) is 8.90. The van der Waals surface area contributed by atoms with Crippen molar-refractivity contribution >= 4 is 17.3 Å². The van der Waals surface area contributed by atoms with E-state index in [-0.39, 0.29) is 31.8 Å². The molecule has 0 saturated heterocycles. The summed E-state index contributed by atoms with van der Waals surface area (Å²) in [6, 6.07) is 0. The van der Waals surface area contributed by atoms with Crippen LogP contribution >= 0.6 is 12.2 Å². The smallest absolute Gasteiger partial charge is 0.166 e. The Bertz CT molecular complexity index is 385. The fraction of sp³-hybridized carbons (Fsp3) is 0.958. The minimum Gasteiger partial charge on any atom is -0.486 e. The highest BCUT2D eigenvalue weighted by Gasteiger charge is 2.43. The molecule has 0 radical (unpaired) electrons. The van der Waals surface area contributed by atoms with Crippen molar-refractivity contribution in [2.24, 2.45) is 16.7 Å². The summed E-state index contributed by atoms with van der Waals surface area (Å²) < 4.78 is 6.13. The van der Waals surface area contributed by atoms with Crippen LogP contribution in [0.4, 0.5) is 0 Å². The number of hydrogen-bond donors (Lipinski definition) is 3. The molecule has 3 N–H and O–H groups in total. The molecule has 0 saturated carbocycles. The Balaban J connectivity index is 5.81. The second kappa shape index (κ2) is 16.5. The molecule has 0 heterocycles. The van der Waals surface area contributed by atoms with Gasteiger partial charge >= 0.3 is 0 Å². The Morgan fingerprint density at radius 1 is 0.759 bits per heavy atom. The Morgan fingerprint density at radius 2 is 1.17 bits per heavy atom. The first-order valence-corrected chi connectivity index (χ1v) is 12.4. The van der Waals surface area contributed by atoms with Gasteiger partial charge in [-0.1, -0.05) is 79.1 Å². The predicted molar refractivity (Wildman–Crippen MR) is 126 cm³/mol. The third kappa shape index (κ3) is 9.20. The van der Waals surface area contributed by atoms with Gasteiger partial charge in [-0.3, -0.25) is 0 Å². The van der Waals surface area contributed by atoms with Crippen LogP contribution in [0.2, 0.25) is 0 Å². The maximum absolute atomic E-state index is 9.67. The van der Waals surface area contributed by atoms with E-state index in [9.17, 15) is 15.3 Å². The van der Waals surface area contributed by atoms with Crippen LogP contribution < -0.4 is 0 Å². The highest BCUT2D eigenvalue weighted by molar-refractivity contribution is 7.80. The monoisotopic (exact) mass is 432 g/mol. The quantitative estimate of drug-likeness (QED) is 0.230. The summed E-state index contributed by atoms with van der Waals surface area (Å²) in [5.74, 6) is 0.500. The van der Waals surface area contributed by atoms with Crippen molar-refractivity contribution in [2.75, 3.05) is 26.4 Å².